The first-order valence-corrected chi connectivity index (χ1v) is 6.83. The smallest absolute Gasteiger partial charge is 0.0790 e. The number of aliphatic hydroxyl groups is 1. The van der Waals surface area contributed by atoms with Crippen molar-refractivity contribution in [3.05, 3.63) is 65.7 Å². The third kappa shape index (κ3) is 4.42. The van der Waals surface area contributed by atoms with Crippen molar-refractivity contribution in [2.75, 3.05) is 5.73 Å². The van der Waals surface area contributed by atoms with Crippen LogP contribution in [0.15, 0.2) is 54.6 Å². The van der Waals surface area contributed by atoms with E-state index in [4.69, 9.17) is 5.73 Å². The second-order valence-corrected chi connectivity index (χ2v) is 4.91. The molecule has 0 aliphatic heterocycles. The number of nitrogens with two attached hydrogens (primary N) is 1. The third-order valence-corrected chi connectivity index (χ3v) is 3.36. The van der Waals surface area contributed by atoms with Gasteiger partial charge in [0.1, 0.15) is 0 Å². The van der Waals surface area contributed by atoms with Crippen LogP contribution in [-0.2, 0) is 6.42 Å². The maximum atomic E-state index is 10.0. The van der Waals surface area contributed by atoms with E-state index in [0.717, 1.165) is 36.9 Å². The van der Waals surface area contributed by atoms with Crippen LogP contribution in [0.5, 0.6) is 0 Å². The first-order valence-electron chi connectivity index (χ1n) is 6.83. The maximum absolute atomic E-state index is 10.0. The average molecular weight is 255 g/mol. The molecule has 3 N–H and O–H groups in total. The predicted molar refractivity (Wildman–Crippen MR) is 79.8 cm³/mol. The van der Waals surface area contributed by atoms with Crippen LogP contribution < -0.4 is 5.73 Å². The summed E-state index contributed by atoms with van der Waals surface area (Å²) in [6.07, 6.45) is 3.64. The normalized spacial score (nSPS) is 12.3. The number of hydrogen-bond acceptors (Lipinski definition) is 2. The lowest BCUT2D eigenvalue weighted by atomic mass is 10.0. The number of benzene rings is 2. The van der Waals surface area contributed by atoms with Crippen molar-refractivity contribution in [3.63, 3.8) is 0 Å². The molecule has 2 nitrogen and oxygen atoms in total. The largest absolute Gasteiger partial charge is 0.399 e. The van der Waals surface area contributed by atoms with E-state index < -0.39 is 0 Å². The predicted octanol–water partition coefficient (Wildman–Crippen LogP) is 3.72. The van der Waals surface area contributed by atoms with E-state index in [0.29, 0.717) is 0 Å². The van der Waals surface area contributed by atoms with Crippen molar-refractivity contribution in [1.29, 1.82) is 0 Å². The fraction of sp³-hybridized carbons (Fsp3) is 0.294. The zero-order valence-corrected chi connectivity index (χ0v) is 11.1. The second-order valence-electron chi connectivity index (χ2n) is 4.91. The molecule has 19 heavy (non-hydrogen) atoms. The van der Waals surface area contributed by atoms with Gasteiger partial charge in [0, 0.05) is 5.69 Å². The Kier molecular flexibility index (Phi) is 4.99. The van der Waals surface area contributed by atoms with Gasteiger partial charge in [-0.25, -0.2) is 0 Å². The molecule has 0 spiro atoms. The number of unbranched alkanes of at least 4 members (excludes halogenated alkanes) is 1. The maximum Gasteiger partial charge on any atom is 0.0790 e. The molecule has 1 atom stereocenters. The van der Waals surface area contributed by atoms with Crippen LogP contribution in [0.25, 0.3) is 0 Å². The summed E-state index contributed by atoms with van der Waals surface area (Å²) >= 11 is 0. The molecule has 0 unspecified atom stereocenters. The molecule has 0 saturated heterocycles. The lowest BCUT2D eigenvalue weighted by Gasteiger charge is -2.10. The van der Waals surface area contributed by atoms with E-state index in [1.54, 1.807) is 0 Å². The molecular formula is C17H21NO. The molecule has 2 aromatic carbocycles. The zero-order chi connectivity index (χ0) is 13.5. The highest BCUT2D eigenvalue weighted by Crippen LogP contribution is 2.19. The summed E-state index contributed by atoms with van der Waals surface area (Å²) in [5.74, 6) is 0. The summed E-state index contributed by atoms with van der Waals surface area (Å²) in [5.41, 5.74) is 8.78. The van der Waals surface area contributed by atoms with Gasteiger partial charge in [-0.2, -0.15) is 0 Å². The zero-order valence-electron chi connectivity index (χ0n) is 11.1. The number of rotatable bonds is 6. The van der Waals surface area contributed by atoms with Crippen molar-refractivity contribution < 1.29 is 5.11 Å². The Morgan fingerprint density at radius 2 is 1.58 bits per heavy atom. The molecule has 0 saturated carbocycles. The van der Waals surface area contributed by atoms with Gasteiger partial charge in [0.2, 0.25) is 0 Å². The summed E-state index contributed by atoms with van der Waals surface area (Å²) in [6.45, 7) is 0. The van der Waals surface area contributed by atoms with Gasteiger partial charge in [-0.15, -0.1) is 0 Å². The number of aliphatic hydroxyl groups excluding tert-OH is 1. The molecule has 0 bridgehead atoms. The van der Waals surface area contributed by atoms with E-state index in [2.05, 4.69) is 12.1 Å². The highest BCUT2D eigenvalue weighted by molar-refractivity contribution is 5.39. The highest BCUT2D eigenvalue weighted by atomic mass is 16.3. The van der Waals surface area contributed by atoms with Crippen molar-refractivity contribution in [2.24, 2.45) is 0 Å². The van der Waals surface area contributed by atoms with E-state index in [-0.39, 0.29) is 6.10 Å². The average Bonchev–Trinajstić information content (AvgIpc) is 2.46. The Morgan fingerprint density at radius 3 is 2.26 bits per heavy atom. The van der Waals surface area contributed by atoms with Crippen LogP contribution in [0.3, 0.4) is 0 Å². The molecule has 2 rings (SSSR count). The molecule has 100 valence electrons. The van der Waals surface area contributed by atoms with Crippen LogP contribution in [0.4, 0.5) is 5.69 Å². The SMILES string of the molecule is Nc1ccc(CCCC[C@H](O)c2ccccc2)cc1. The first-order chi connectivity index (χ1) is 9.25. The van der Waals surface area contributed by atoms with Crippen molar-refractivity contribution >= 4 is 5.69 Å². The summed E-state index contributed by atoms with van der Waals surface area (Å²) in [5, 5.41) is 10.0. The van der Waals surface area contributed by atoms with Gasteiger partial charge in [-0.1, -0.05) is 48.9 Å². The molecule has 0 aliphatic carbocycles. The second kappa shape index (κ2) is 6.95. The molecule has 0 aliphatic rings. The molecule has 2 aromatic rings. The first kappa shape index (κ1) is 13.6. The summed E-state index contributed by atoms with van der Waals surface area (Å²) in [7, 11) is 0. The molecule has 0 fully saturated rings. The van der Waals surface area contributed by atoms with E-state index >= 15 is 0 Å². The van der Waals surface area contributed by atoms with Gasteiger partial charge < -0.3 is 10.8 Å². The van der Waals surface area contributed by atoms with Crippen LogP contribution in [0, 0.1) is 0 Å². The van der Waals surface area contributed by atoms with Crippen molar-refractivity contribution in [2.45, 2.75) is 31.8 Å². The standard InChI is InChI=1S/C17H21NO/c18-16-12-10-14(11-13-16)6-4-5-9-17(19)15-7-2-1-3-8-15/h1-3,7-8,10-13,17,19H,4-6,9,18H2/t17-/m0/s1. The third-order valence-electron chi connectivity index (χ3n) is 3.36. The molecule has 0 amide bonds. The fourth-order valence-electron chi connectivity index (χ4n) is 2.19. The van der Waals surface area contributed by atoms with Crippen molar-refractivity contribution in [3.8, 4) is 0 Å². The van der Waals surface area contributed by atoms with Crippen LogP contribution in [0.1, 0.15) is 36.5 Å². The van der Waals surface area contributed by atoms with E-state index in [1.165, 1.54) is 5.56 Å². The Hall–Kier alpha value is -1.80. The highest BCUT2D eigenvalue weighted by Gasteiger charge is 2.05. The lowest BCUT2D eigenvalue weighted by Crippen LogP contribution is -1.97. The minimum Gasteiger partial charge on any atom is -0.399 e. The monoisotopic (exact) mass is 255 g/mol. The molecule has 0 aromatic heterocycles. The fourth-order valence-corrected chi connectivity index (χ4v) is 2.19. The Bertz CT molecular complexity index is 478. The summed E-state index contributed by atoms with van der Waals surface area (Å²) in [6, 6.07) is 17.9. The molecule has 0 heterocycles. The van der Waals surface area contributed by atoms with E-state index in [1.807, 2.05) is 42.5 Å². The quantitative estimate of drug-likeness (QED) is 0.610. The number of anilines is 1. The Balaban J connectivity index is 1.71. The van der Waals surface area contributed by atoms with Gasteiger partial charge in [-0.05, 0) is 42.5 Å². The lowest BCUT2D eigenvalue weighted by molar-refractivity contribution is 0.163. The van der Waals surface area contributed by atoms with Crippen LogP contribution in [0.2, 0.25) is 0 Å². The van der Waals surface area contributed by atoms with Crippen molar-refractivity contribution in [1.82, 2.24) is 0 Å². The van der Waals surface area contributed by atoms with Gasteiger partial charge in [-0.3, -0.25) is 0 Å². The summed E-state index contributed by atoms with van der Waals surface area (Å²) < 4.78 is 0. The topological polar surface area (TPSA) is 46.2 Å². The van der Waals surface area contributed by atoms with Gasteiger partial charge in [0.25, 0.3) is 0 Å². The number of nitrogen functional groups attached to an aromatic ring is 1. The Labute approximate surface area is 114 Å². The van der Waals surface area contributed by atoms with E-state index in [9.17, 15) is 5.11 Å². The number of aryl methyl sites for hydroxylation is 1. The van der Waals surface area contributed by atoms with Gasteiger partial charge in [0.15, 0.2) is 0 Å². The van der Waals surface area contributed by atoms with Crippen LogP contribution >= 0.6 is 0 Å². The Morgan fingerprint density at radius 1 is 0.895 bits per heavy atom. The van der Waals surface area contributed by atoms with Gasteiger partial charge in [0.05, 0.1) is 6.10 Å². The minimum absolute atomic E-state index is 0.340. The summed E-state index contributed by atoms with van der Waals surface area (Å²) in [4.78, 5) is 0. The number of hydrogen-bond donors (Lipinski definition) is 2. The molecule has 2 heteroatoms. The van der Waals surface area contributed by atoms with Crippen LogP contribution in [-0.4, -0.2) is 5.11 Å². The van der Waals surface area contributed by atoms with Gasteiger partial charge >= 0.3 is 0 Å². The minimum atomic E-state index is -0.340. The molecular weight excluding hydrogens is 234 g/mol. The molecule has 0 radical (unpaired) electrons.